The molecule has 1 fully saturated rings. The number of hydrogen-bond donors (Lipinski definition) is 2. The maximum atomic E-state index is 9.67. The molecular weight excluding hydrogens is 257 g/mol. The molecule has 2 rings (SSSR count). The molecule has 1 aromatic carbocycles. The van der Waals surface area contributed by atoms with Gasteiger partial charge in [0, 0.05) is 16.1 Å². The van der Waals surface area contributed by atoms with Crippen molar-refractivity contribution < 1.29 is 5.11 Å². The van der Waals surface area contributed by atoms with Gasteiger partial charge in [0.05, 0.1) is 6.10 Å². The highest BCUT2D eigenvalue weighted by Crippen LogP contribution is 2.22. The van der Waals surface area contributed by atoms with Crippen molar-refractivity contribution in [2.75, 3.05) is 6.54 Å². The van der Waals surface area contributed by atoms with Crippen LogP contribution in [0.4, 0.5) is 0 Å². The molecule has 0 spiro atoms. The monoisotopic (exact) mass is 273 g/mol. The zero-order valence-corrected chi connectivity index (χ0v) is 11.1. The standard InChI is InChI=1S/C13H17Cl2NO/c14-10-5-4-9(11(15)8-10)6-7-16-12-2-1-3-13(12)17/h4-5,8,12-13,16-17H,1-3,6-7H2. The Kier molecular flexibility index (Phi) is 4.69. The highest BCUT2D eigenvalue weighted by Gasteiger charge is 2.24. The van der Waals surface area contributed by atoms with Crippen molar-refractivity contribution in [1.29, 1.82) is 0 Å². The molecule has 0 radical (unpaired) electrons. The lowest BCUT2D eigenvalue weighted by Crippen LogP contribution is -2.36. The Bertz CT molecular complexity index is 384. The molecule has 0 aromatic heterocycles. The van der Waals surface area contributed by atoms with Crippen LogP contribution in [0.1, 0.15) is 24.8 Å². The molecule has 1 aliphatic carbocycles. The molecule has 1 aromatic rings. The van der Waals surface area contributed by atoms with E-state index in [9.17, 15) is 5.11 Å². The van der Waals surface area contributed by atoms with E-state index >= 15 is 0 Å². The zero-order valence-electron chi connectivity index (χ0n) is 9.63. The minimum Gasteiger partial charge on any atom is -0.392 e. The summed E-state index contributed by atoms with van der Waals surface area (Å²) in [6, 6.07) is 5.83. The lowest BCUT2D eigenvalue weighted by atomic mass is 10.1. The molecule has 4 heteroatoms. The van der Waals surface area contributed by atoms with Crippen molar-refractivity contribution in [3.05, 3.63) is 33.8 Å². The molecule has 0 heterocycles. The van der Waals surface area contributed by atoms with Gasteiger partial charge in [0.2, 0.25) is 0 Å². The molecule has 2 atom stereocenters. The molecular formula is C13H17Cl2NO. The molecule has 0 saturated heterocycles. The van der Waals surface area contributed by atoms with E-state index in [4.69, 9.17) is 23.2 Å². The van der Waals surface area contributed by atoms with Gasteiger partial charge in [-0.1, -0.05) is 29.3 Å². The third-order valence-electron chi connectivity index (χ3n) is 3.30. The van der Waals surface area contributed by atoms with Crippen LogP contribution in [0.3, 0.4) is 0 Å². The number of halogens is 2. The van der Waals surface area contributed by atoms with E-state index in [-0.39, 0.29) is 12.1 Å². The SMILES string of the molecule is OC1CCCC1NCCc1ccc(Cl)cc1Cl. The fraction of sp³-hybridized carbons (Fsp3) is 0.538. The molecule has 1 saturated carbocycles. The number of hydrogen-bond acceptors (Lipinski definition) is 2. The average molecular weight is 274 g/mol. The van der Waals surface area contributed by atoms with Crippen LogP contribution >= 0.6 is 23.2 Å². The predicted octanol–water partition coefficient (Wildman–Crippen LogP) is 3.04. The Morgan fingerprint density at radius 1 is 1.29 bits per heavy atom. The maximum absolute atomic E-state index is 9.67. The van der Waals surface area contributed by atoms with E-state index in [1.54, 1.807) is 6.07 Å². The quantitative estimate of drug-likeness (QED) is 0.884. The van der Waals surface area contributed by atoms with Crippen LogP contribution in [0.25, 0.3) is 0 Å². The van der Waals surface area contributed by atoms with Gasteiger partial charge in [-0.15, -0.1) is 0 Å². The van der Waals surface area contributed by atoms with Crippen LogP contribution < -0.4 is 5.32 Å². The lowest BCUT2D eigenvalue weighted by Gasteiger charge is -2.16. The molecule has 2 N–H and O–H groups in total. The van der Waals surface area contributed by atoms with Crippen LogP contribution in [0.5, 0.6) is 0 Å². The van der Waals surface area contributed by atoms with Crippen molar-refractivity contribution >= 4 is 23.2 Å². The van der Waals surface area contributed by atoms with Crippen LogP contribution in [-0.2, 0) is 6.42 Å². The Morgan fingerprint density at radius 3 is 2.76 bits per heavy atom. The second-order valence-electron chi connectivity index (χ2n) is 4.54. The van der Waals surface area contributed by atoms with E-state index in [0.29, 0.717) is 10.0 Å². The summed E-state index contributed by atoms with van der Waals surface area (Å²) >= 11 is 11.9. The van der Waals surface area contributed by atoms with Crippen LogP contribution in [-0.4, -0.2) is 23.8 Å². The fourth-order valence-corrected chi connectivity index (χ4v) is 2.80. The van der Waals surface area contributed by atoms with Gasteiger partial charge in [-0.25, -0.2) is 0 Å². The number of nitrogens with one attached hydrogen (secondary N) is 1. The van der Waals surface area contributed by atoms with Crippen molar-refractivity contribution in [1.82, 2.24) is 5.32 Å². The molecule has 1 aliphatic rings. The van der Waals surface area contributed by atoms with Crippen molar-refractivity contribution in [2.24, 2.45) is 0 Å². The first-order chi connectivity index (χ1) is 8.16. The summed E-state index contributed by atoms with van der Waals surface area (Å²) in [6.45, 7) is 0.836. The van der Waals surface area contributed by atoms with Gasteiger partial charge in [0.25, 0.3) is 0 Å². The van der Waals surface area contributed by atoms with Gasteiger partial charge in [0.1, 0.15) is 0 Å². The largest absolute Gasteiger partial charge is 0.392 e. The minimum atomic E-state index is -0.185. The molecule has 0 aliphatic heterocycles. The fourth-order valence-electron chi connectivity index (χ4n) is 2.30. The maximum Gasteiger partial charge on any atom is 0.0693 e. The van der Waals surface area contributed by atoms with E-state index in [1.807, 2.05) is 12.1 Å². The average Bonchev–Trinajstić information content (AvgIpc) is 2.68. The summed E-state index contributed by atoms with van der Waals surface area (Å²) in [6.07, 6.45) is 3.77. The second-order valence-corrected chi connectivity index (χ2v) is 5.39. The van der Waals surface area contributed by atoms with Crippen LogP contribution in [0.2, 0.25) is 10.0 Å². The summed E-state index contributed by atoms with van der Waals surface area (Å²) in [5.41, 5.74) is 1.09. The Balaban J connectivity index is 1.81. The first-order valence-electron chi connectivity index (χ1n) is 6.02. The zero-order chi connectivity index (χ0) is 12.3. The summed E-state index contributed by atoms with van der Waals surface area (Å²) in [4.78, 5) is 0. The topological polar surface area (TPSA) is 32.3 Å². The van der Waals surface area contributed by atoms with Gasteiger partial charge in [-0.2, -0.15) is 0 Å². The third-order valence-corrected chi connectivity index (χ3v) is 3.88. The Hall–Kier alpha value is -0.280. The Morgan fingerprint density at radius 2 is 2.12 bits per heavy atom. The second kappa shape index (κ2) is 6.05. The first kappa shape index (κ1) is 13.2. The molecule has 2 unspecified atom stereocenters. The molecule has 94 valence electrons. The van der Waals surface area contributed by atoms with Gasteiger partial charge in [-0.3, -0.25) is 0 Å². The smallest absolute Gasteiger partial charge is 0.0693 e. The predicted molar refractivity (Wildman–Crippen MR) is 71.8 cm³/mol. The molecule has 0 bridgehead atoms. The van der Waals surface area contributed by atoms with Crippen LogP contribution in [0, 0.1) is 0 Å². The summed E-state index contributed by atoms with van der Waals surface area (Å²) in [5.74, 6) is 0. The Labute approximate surface area is 112 Å². The first-order valence-corrected chi connectivity index (χ1v) is 6.78. The lowest BCUT2D eigenvalue weighted by molar-refractivity contribution is 0.149. The molecule has 17 heavy (non-hydrogen) atoms. The number of aliphatic hydroxyl groups excluding tert-OH is 1. The van der Waals surface area contributed by atoms with Crippen LogP contribution in [0.15, 0.2) is 18.2 Å². The van der Waals surface area contributed by atoms with Gasteiger partial charge >= 0.3 is 0 Å². The van der Waals surface area contributed by atoms with Crippen molar-refractivity contribution in [3.8, 4) is 0 Å². The normalized spacial score (nSPS) is 24.2. The van der Waals surface area contributed by atoms with E-state index < -0.39 is 0 Å². The van der Waals surface area contributed by atoms with Crippen molar-refractivity contribution in [2.45, 2.75) is 37.8 Å². The minimum absolute atomic E-state index is 0.185. The van der Waals surface area contributed by atoms with E-state index in [0.717, 1.165) is 37.8 Å². The highest BCUT2D eigenvalue weighted by atomic mass is 35.5. The van der Waals surface area contributed by atoms with Gasteiger partial charge in [-0.05, 0) is 49.9 Å². The van der Waals surface area contributed by atoms with Gasteiger partial charge < -0.3 is 10.4 Å². The van der Waals surface area contributed by atoms with Gasteiger partial charge in [0.15, 0.2) is 0 Å². The van der Waals surface area contributed by atoms with E-state index in [2.05, 4.69) is 5.32 Å². The number of benzene rings is 1. The van der Waals surface area contributed by atoms with E-state index in [1.165, 1.54) is 0 Å². The number of aliphatic hydroxyl groups is 1. The molecule has 0 amide bonds. The summed E-state index contributed by atoms with van der Waals surface area (Å²) in [5, 5.41) is 14.4. The van der Waals surface area contributed by atoms with Crippen molar-refractivity contribution in [3.63, 3.8) is 0 Å². The summed E-state index contributed by atoms with van der Waals surface area (Å²) in [7, 11) is 0. The highest BCUT2D eigenvalue weighted by molar-refractivity contribution is 6.35. The summed E-state index contributed by atoms with van der Waals surface area (Å²) < 4.78 is 0. The third kappa shape index (κ3) is 3.59. The molecule has 2 nitrogen and oxygen atoms in total. The number of rotatable bonds is 4.